The maximum atomic E-state index is 6.01. The van der Waals surface area contributed by atoms with Crippen LogP contribution in [0.1, 0.15) is 31.2 Å². The molecule has 22 heavy (non-hydrogen) atoms. The van der Waals surface area contributed by atoms with E-state index in [2.05, 4.69) is 22.0 Å². The van der Waals surface area contributed by atoms with Crippen LogP contribution in [0.25, 0.3) is 0 Å². The molecule has 1 aliphatic rings. The zero-order chi connectivity index (χ0) is 15.7. The summed E-state index contributed by atoms with van der Waals surface area (Å²) in [5, 5.41) is 9.00. The molecule has 0 radical (unpaired) electrons. The van der Waals surface area contributed by atoms with E-state index in [1.807, 2.05) is 6.07 Å². The third-order valence-corrected chi connectivity index (χ3v) is 4.56. The lowest BCUT2D eigenvalue weighted by atomic mass is 10.3. The third-order valence-electron chi connectivity index (χ3n) is 3.82. The third kappa shape index (κ3) is 3.37. The van der Waals surface area contributed by atoms with Crippen LogP contribution in [0.5, 0.6) is 5.75 Å². The van der Waals surface area contributed by atoms with Gasteiger partial charge >= 0.3 is 0 Å². The number of hydrogen-bond donors (Lipinski definition) is 0. The van der Waals surface area contributed by atoms with Crippen LogP contribution in [0.15, 0.2) is 22.6 Å². The van der Waals surface area contributed by atoms with E-state index in [0.29, 0.717) is 21.8 Å². The summed E-state index contributed by atoms with van der Waals surface area (Å²) >= 11 is 11.9. The van der Waals surface area contributed by atoms with Crippen molar-refractivity contribution in [1.29, 1.82) is 0 Å². The highest BCUT2D eigenvalue weighted by Gasteiger charge is 2.30. The summed E-state index contributed by atoms with van der Waals surface area (Å²) in [6, 6.07) is 5.41. The van der Waals surface area contributed by atoms with Crippen LogP contribution >= 0.6 is 23.2 Å². The van der Waals surface area contributed by atoms with E-state index in [4.69, 9.17) is 32.4 Å². The van der Waals surface area contributed by atoms with Gasteiger partial charge in [-0.3, -0.25) is 4.90 Å². The van der Waals surface area contributed by atoms with Crippen LogP contribution in [0.2, 0.25) is 10.0 Å². The van der Waals surface area contributed by atoms with Gasteiger partial charge in [-0.15, -0.1) is 10.2 Å². The van der Waals surface area contributed by atoms with Crippen molar-refractivity contribution in [2.75, 3.05) is 13.1 Å². The zero-order valence-electron chi connectivity index (χ0n) is 12.4. The Kier molecular flexibility index (Phi) is 4.57. The van der Waals surface area contributed by atoms with Crippen molar-refractivity contribution < 1.29 is 9.15 Å². The van der Waals surface area contributed by atoms with Crippen molar-refractivity contribution in [3.8, 4) is 5.75 Å². The molecule has 0 aliphatic carbocycles. The minimum Gasteiger partial charge on any atom is -0.489 e. The van der Waals surface area contributed by atoms with E-state index in [-0.39, 0.29) is 12.1 Å². The summed E-state index contributed by atoms with van der Waals surface area (Å²) < 4.78 is 11.5. The quantitative estimate of drug-likeness (QED) is 0.843. The van der Waals surface area contributed by atoms with Crippen molar-refractivity contribution in [3.05, 3.63) is 40.0 Å². The first kappa shape index (κ1) is 15.6. The van der Waals surface area contributed by atoms with Crippen molar-refractivity contribution in [1.82, 2.24) is 15.1 Å². The van der Waals surface area contributed by atoms with Crippen LogP contribution in [0.4, 0.5) is 0 Å². The van der Waals surface area contributed by atoms with E-state index >= 15 is 0 Å². The lowest BCUT2D eigenvalue weighted by Gasteiger charge is -2.21. The predicted molar refractivity (Wildman–Crippen MR) is 84.5 cm³/mol. The normalized spacial score (nSPS) is 20.3. The molecule has 1 saturated heterocycles. The molecule has 1 aromatic heterocycles. The Morgan fingerprint density at radius 1 is 1.32 bits per heavy atom. The average molecular weight is 342 g/mol. The SMILES string of the molecule is Cc1nnc(C(C)N2CCC(Oc3ccc(Cl)c(Cl)c3)C2)o1. The number of benzene rings is 1. The first-order valence-electron chi connectivity index (χ1n) is 7.18. The number of ether oxygens (including phenoxy) is 1. The second-order valence-corrected chi connectivity index (χ2v) is 6.25. The minimum absolute atomic E-state index is 0.0867. The Balaban J connectivity index is 1.61. The Morgan fingerprint density at radius 2 is 2.14 bits per heavy atom. The second kappa shape index (κ2) is 6.44. The van der Waals surface area contributed by atoms with Crippen molar-refractivity contribution in [2.24, 2.45) is 0 Å². The Hall–Kier alpha value is -1.30. The van der Waals surface area contributed by atoms with Gasteiger partial charge in [0.15, 0.2) is 0 Å². The van der Waals surface area contributed by atoms with Gasteiger partial charge in [0.2, 0.25) is 11.8 Å². The number of aromatic nitrogens is 2. The molecule has 0 N–H and O–H groups in total. The van der Waals surface area contributed by atoms with Crippen LogP contribution < -0.4 is 4.74 Å². The van der Waals surface area contributed by atoms with E-state index in [9.17, 15) is 0 Å². The molecule has 2 aromatic rings. The topological polar surface area (TPSA) is 51.4 Å². The number of rotatable bonds is 4. The maximum Gasteiger partial charge on any atom is 0.233 e. The van der Waals surface area contributed by atoms with E-state index in [1.165, 1.54) is 0 Å². The fourth-order valence-electron chi connectivity index (χ4n) is 2.58. The average Bonchev–Trinajstić information content (AvgIpc) is 3.11. The van der Waals surface area contributed by atoms with Crippen LogP contribution in [-0.2, 0) is 0 Å². The standard InChI is InChI=1S/C15H17Cl2N3O2/c1-9(15-19-18-10(2)21-15)20-6-5-12(8-20)22-11-3-4-13(16)14(17)7-11/h3-4,7,9,12H,5-6,8H2,1-2H3. The maximum absolute atomic E-state index is 6.01. The molecule has 2 atom stereocenters. The number of aryl methyl sites for hydroxylation is 1. The summed E-state index contributed by atoms with van der Waals surface area (Å²) in [5.74, 6) is 1.97. The van der Waals surface area contributed by atoms with Crippen molar-refractivity contribution in [2.45, 2.75) is 32.4 Å². The monoisotopic (exact) mass is 341 g/mol. The summed E-state index contributed by atoms with van der Waals surface area (Å²) in [7, 11) is 0. The molecular formula is C15H17Cl2N3O2. The van der Waals surface area contributed by atoms with E-state index in [0.717, 1.165) is 25.3 Å². The van der Waals surface area contributed by atoms with Gasteiger partial charge in [-0.25, -0.2) is 0 Å². The molecule has 118 valence electrons. The highest BCUT2D eigenvalue weighted by atomic mass is 35.5. The van der Waals surface area contributed by atoms with Gasteiger partial charge in [0, 0.05) is 26.1 Å². The Labute approximate surface area is 139 Å². The number of halogens is 2. The first-order valence-corrected chi connectivity index (χ1v) is 7.94. The molecule has 7 heteroatoms. The highest BCUT2D eigenvalue weighted by molar-refractivity contribution is 6.42. The van der Waals surface area contributed by atoms with Gasteiger partial charge in [-0.2, -0.15) is 0 Å². The summed E-state index contributed by atoms with van der Waals surface area (Å²) in [4.78, 5) is 2.27. The smallest absolute Gasteiger partial charge is 0.233 e. The minimum atomic E-state index is 0.0867. The molecule has 0 spiro atoms. The molecule has 0 saturated carbocycles. The van der Waals surface area contributed by atoms with Crippen molar-refractivity contribution in [3.63, 3.8) is 0 Å². The molecule has 2 heterocycles. The zero-order valence-corrected chi connectivity index (χ0v) is 13.9. The van der Waals surface area contributed by atoms with Gasteiger partial charge in [-0.1, -0.05) is 23.2 Å². The van der Waals surface area contributed by atoms with E-state index < -0.39 is 0 Å². The van der Waals surface area contributed by atoms with Gasteiger partial charge in [0.25, 0.3) is 0 Å². The molecule has 2 unspecified atom stereocenters. The predicted octanol–water partition coefficient (Wildman–Crippen LogP) is 3.90. The molecule has 1 fully saturated rings. The van der Waals surface area contributed by atoms with Gasteiger partial charge in [0.05, 0.1) is 16.1 Å². The van der Waals surface area contributed by atoms with E-state index in [1.54, 1.807) is 19.1 Å². The van der Waals surface area contributed by atoms with Gasteiger partial charge < -0.3 is 9.15 Å². The van der Waals surface area contributed by atoms with Gasteiger partial charge in [0.1, 0.15) is 11.9 Å². The molecule has 0 bridgehead atoms. The summed E-state index contributed by atoms with van der Waals surface area (Å²) in [6.07, 6.45) is 1.06. The Morgan fingerprint density at radius 3 is 2.82 bits per heavy atom. The highest BCUT2D eigenvalue weighted by Crippen LogP contribution is 2.29. The largest absolute Gasteiger partial charge is 0.489 e. The second-order valence-electron chi connectivity index (χ2n) is 5.43. The number of likely N-dealkylation sites (tertiary alicyclic amines) is 1. The van der Waals surface area contributed by atoms with Crippen LogP contribution in [0.3, 0.4) is 0 Å². The molecule has 3 rings (SSSR count). The Bertz CT molecular complexity index is 662. The molecular weight excluding hydrogens is 325 g/mol. The first-order chi connectivity index (χ1) is 10.5. The van der Waals surface area contributed by atoms with Crippen molar-refractivity contribution >= 4 is 23.2 Å². The number of hydrogen-bond acceptors (Lipinski definition) is 5. The lowest BCUT2D eigenvalue weighted by Crippen LogP contribution is -2.27. The van der Waals surface area contributed by atoms with Gasteiger partial charge in [-0.05, 0) is 25.5 Å². The molecule has 1 aromatic carbocycles. The lowest BCUT2D eigenvalue weighted by molar-refractivity contribution is 0.170. The molecule has 1 aliphatic heterocycles. The van der Waals surface area contributed by atoms with Crippen LogP contribution in [0, 0.1) is 6.92 Å². The number of nitrogens with zero attached hydrogens (tertiary/aromatic N) is 3. The molecule has 0 amide bonds. The summed E-state index contributed by atoms with van der Waals surface area (Å²) in [6.45, 7) is 5.59. The molecule has 5 nitrogen and oxygen atoms in total. The summed E-state index contributed by atoms with van der Waals surface area (Å²) in [5.41, 5.74) is 0. The fourth-order valence-corrected chi connectivity index (χ4v) is 2.87. The fraction of sp³-hybridized carbons (Fsp3) is 0.467. The van der Waals surface area contributed by atoms with Crippen LogP contribution in [-0.4, -0.2) is 34.3 Å².